The van der Waals surface area contributed by atoms with Gasteiger partial charge in [0.25, 0.3) is 0 Å². The smallest absolute Gasteiger partial charge is 0.223 e. The van der Waals surface area contributed by atoms with E-state index >= 15 is 0 Å². The predicted octanol–water partition coefficient (Wildman–Crippen LogP) is 3.10. The lowest BCUT2D eigenvalue weighted by atomic mass is 10.1. The second kappa shape index (κ2) is 4.58. The molecule has 0 saturated carbocycles. The van der Waals surface area contributed by atoms with Crippen molar-refractivity contribution >= 4 is 17.5 Å². The molecule has 1 aromatic carbocycles. The molecule has 0 aliphatic heterocycles. The number of aromatic nitrogens is 2. The average molecular weight is 260 g/mol. The van der Waals surface area contributed by atoms with Crippen molar-refractivity contribution in [2.45, 2.75) is 24.8 Å². The second-order valence-electron chi connectivity index (χ2n) is 4.62. The number of benzene rings is 1. The van der Waals surface area contributed by atoms with Gasteiger partial charge in [0.1, 0.15) is 0 Å². The Kier molecular flexibility index (Phi) is 2.92. The number of fused-ring (bicyclic) bond motifs is 1. The molecule has 2 unspecified atom stereocenters. The van der Waals surface area contributed by atoms with Crippen molar-refractivity contribution < 1.29 is 0 Å². The van der Waals surface area contributed by atoms with Crippen LogP contribution in [-0.2, 0) is 6.42 Å². The molecule has 18 heavy (non-hydrogen) atoms. The summed E-state index contributed by atoms with van der Waals surface area (Å²) in [5, 5.41) is 3.37. The van der Waals surface area contributed by atoms with E-state index in [-0.39, 0.29) is 11.4 Å². The van der Waals surface area contributed by atoms with E-state index in [1.54, 1.807) is 12.4 Å². The minimum atomic E-state index is 0.0484. The normalized spacial score (nSPS) is 21.7. The van der Waals surface area contributed by atoms with E-state index < -0.39 is 0 Å². The average Bonchev–Trinajstić information content (AvgIpc) is 2.69. The van der Waals surface area contributed by atoms with Crippen LogP contribution in [0.25, 0.3) is 0 Å². The highest BCUT2D eigenvalue weighted by Crippen LogP contribution is 2.36. The molecule has 1 aliphatic carbocycles. The summed E-state index contributed by atoms with van der Waals surface area (Å²) in [6.45, 7) is 1.97. The quantitative estimate of drug-likeness (QED) is 0.843. The molecule has 2 atom stereocenters. The van der Waals surface area contributed by atoms with Crippen LogP contribution in [0.1, 0.15) is 22.7 Å². The highest BCUT2D eigenvalue weighted by molar-refractivity contribution is 6.21. The standard InChI is InChI=1S/C14H14ClN3/c1-9-7-16-14(17-8-9)18-13-11-5-3-2-4-10(11)6-12(13)15/h2-5,7-8,12-13H,6H2,1H3,(H,16,17,18). The molecular formula is C14H14ClN3. The monoisotopic (exact) mass is 259 g/mol. The Morgan fingerprint density at radius 2 is 1.94 bits per heavy atom. The highest BCUT2D eigenvalue weighted by atomic mass is 35.5. The van der Waals surface area contributed by atoms with Gasteiger partial charge < -0.3 is 5.32 Å². The number of hydrogen-bond donors (Lipinski definition) is 1. The summed E-state index contributed by atoms with van der Waals surface area (Å²) in [5.41, 5.74) is 3.61. The molecule has 0 saturated heterocycles. The minimum Gasteiger partial charge on any atom is -0.346 e. The van der Waals surface area contributed by atoms with E-state index in [0.717, 1.165) is 12.0 Å². The third-order valence-electron chi connectivity index (χ3n) is 3.23. The van der Waals surface area contributed by atoms with Crippen molar-refractivity contribution in [1.29, 1.82) is 0 Å². The third kappa shape index (κ3) is 2.06. The zero-order valence-corrected chi connectivity index (χ0v) is 10.9. The Hall–Kier alpha value is -1.61. The molecule has 0 spiro atoms. The summed E-state index contributed by atoms with van der Waals surface area (Å²) in [4.78, 5) is 8.54. The van der Waals surface area contributed by atoms with Gasteiger partial charge in [0.15, 0.2) is 0 Å². The first kappa shape index (κ1) is 11.5. The Morgan fingerprint density at radius 1 is 1.22 bits per heavy atom. The van der Waals surface area contributed by atoms with E-state index in [4.69, 9.17) is 11.6 Å². The summed E-state index contributed by atoms with van der Waals surface area (Å²) in [6.07, 6.45) is 4.50. The maximum Gasteiger partial charge on any atom is 0.223 e. The number of alkyl halides is 1. The minimum absolute atomic E-state index is 0.0484. The van der Waals surface area contributed by atoms with Gasteiger partial charge in [0.2, 0.25) is 5.95 Å². The van der Waals surface area contributed by atoms with Gasteiger partial charge in [-0.1, -0.05) is 24.3 Å². The topological polar surface area (TPSA) is 37.8 Å². The molecule has 92 valence electrons. The maximum absolute atomic E-state index is 6.41. The Morgan fingerprint density at radius 3 is 2.72 bits per heavy atom. The Balaban J connectivity index is 1.87. The number of aryl methyl sites for hydroxylation is 1. The van der Waals surface area contributed by atoms with Crippen LogP contribution in [-0.4, -0.2) is 15.3 Å². The zero-order valence-electron chi connectivity index (χ0n) is 10.1. The van der Waals surface area contributed by atoms with Crippen molar-refractivity contribution in [3.63, 3.8) is 0 Å². The lowest BCUT2D eigenvalue weighted by Gasteiger charge is -2.17. The molecule has 1 aliphatic rings. The van der Waals surface area contributed by atoms with Crippen LogP contribution in [0.15, 0.2) is 36.7 Å². The SMILES string of the molecule is Cc1cnc(NC2c3ccccc3CC2Cl)nc1. The molecular weight excluding hydrogens is 246 g/mol. The molecule has 3 nitrogen and oxygen atoms in total. The summed E-state index contributed by atoms with van der Waals surface area (Å²) in [5.74, 6) is 0.632. The summed E-state index contributed by atoms with van der Waals surface area (Å²) in [7, 11) is 0. The van der Waals surface area contributed by atoms with Crippen molar-refractivity contribution in [1.82, 2.24) is 9.97 Å². The van der Waals surface area contributed by atoms with E-state index in [2.05, 4.69) is 27.4 Å². The fourth-order valence-electron chi connectivity index (χ4n) is 2.32. The lowest BCUT2D eigenvalue weighted by Crippen LogP contribution is -2.18. The fraction of sp³-hybridized carbons (Fsp3) is 0.286. The van der Waals surface area contributed by atoms with Gasteiger partial charge in [-0.25, -0.2) is 9.97 Å². The summed E-state index contributed by atoms with van der Waals surface area (Å²) >= 11 is 6.41. The van der Waals surface area contributed by atoms with Crippen LogP contribution in [0, 0.1) is 6.92 Å². The molecule has 1 heterocycles. The van der Waals surface area contributed by atoms with Crippen LogP contribution >= 0.6 is 11.6 Å². The van der Waals surface area contributed by atoms with Gasteiger partial charge in [-0.15, -0.1) is 11.6 Å². The van der Waals surface area contributed by atoms with Crippen LogP contribution in [0.3, 0.4) is 0 Å². The first-order valence-electron chi connectivity index (χ1n) is 6.01. The molecule has 1 aromatic heterocycles. The van der Waals surface area contributed by atoms with Gasteiger partial charge >= 0.3 is 0 Å². The number of nitrogens with zero attached hydrogens (tertiary/aromatic N) is 2. The van der Waals surface area contributed by atoms with Gasteiger partial charge in [0.05, 0.1) is 11.4 Å². The molecule has 1 N–H and O–H groups in total. The van der Waals surface area contributed by atoms with Crippen LogP contribution in [0.5, 0.6) is 0 Å². The van der Waals surface area contributed by atoms with Crippen LogP contribution in [0.4, 0.5) is 5.95 Å². The van der Waals surface area contributed by atoms with E-state index in [0.29, 0.717) is 5.95 Å². The van der Waals surface area contributed by atoms with Gasteiger partial charge in [-0.2, -0.15) is 0 Å². The number of nitrogens with one attached hydrogen (secondary N) is 1. The van der Waals surface area contributed by atoms with Crippen molar-refractivity contribution in [2.24, 2.45) is 0 Å². The fourth-order valence-corrected chi connectivity index (χ4v) is 2.69. The summed E-state index contributed by atoms with van der Waals surface area (Å²) in [6, 6.07) is 8.42. The predicted molar refractivity (Wildman–Crippen MR) is 72.9 cm³/mol. The molecule has 0 amide bonds. The van der Waals surface area contributed by atoms with Crippen LogP contribution < -0.4 is 5.32 Å². The van der Waals surface area contributed by atoms with Crippen molar-refractivity contribution in [2.75, 3.05) is 5.32 Å². The van der Waals surface area contributed by atoms with Crippen molar-refractivity contribution in [3.8, 4) is 0 Å². The van der Waals surface area contributed by atoms with E-state index in [1.807, 2.05) is 19.1 Å². The molecule has 2 aromatic rings. The highest BCUT2D eigenvalue weighted by Gasteiger charge is 2.31. The first-order valence-corrected chi connectivity index (χ1v) is 6.45. The Bertz CT molecular complexity index is 553. The molecule has 4 heteroatoms. The molecule has 0 radical (unpaired) electrons. The van der Waals surface area contributed by atoms with Crippen LogP contribution in [0.2, 0.25) is 0 Å². The first-order chi connectivity index (χ1) is 8.74. The van der Waals surface area contributed by atoms with Gasteiger partial charge in [-0.3, -0.25) is 0 Å². The zero-order chi connectivity index (χ0) is 12.5. The molecule has 0 fully saturated rings. The molecule has 0 bridgehead atoms. The number of rotatable bonds is 2. The number of hydrogen-bond acceptors (Lipinski definition) is 3. The van der Waals surface area contributed by atoms with Gasteiger partial charge in [-0.05, 0) is 30.0 Å². The Labute approximate surface area is 111 Å². The van der Waals surface area contributed by atoms with E-state index in [1.165, 1.54) is 11.1 Å². The number of halogens is 1. The van der Waals surface area contributed by atoms with Gasteiger partial charge in [0, 0.05) is 12.4 Å². The third-order valence-corrected chi connectivity index (χ3v) is 3.64. The van der Waals surface area contributed by atoms with Crippen molar-refractivity contribution in [3.05, 3.63) is 53.3 Å². The number of anilines is 1. The lowest BCUT2D eigenvalue weighted by molar-refractivity contribution is 0.760. The maximum atomic E-state index is 6.41. The summed E-state index contributed by atoms with van der Waals surface area (Å²) < 4.78 is 0. The largest absolute Gasteiger partial charge is 0.346 e. The molecule has 3 rings (SSSR count). The van der Waals surface area contributed by atoms with E-state index in [9.17, 15) is 0 Å². The second-order valence-corrected chi connectivity index (χ2v) is 5.19.